The Bertz CT molecular complexity index is 1150. The van der Waals surface area contributed by atoms with Crippen molar-refractivity contribution < 1.29 is 31.9 Å². The van der Waals surface area contributed by atoms with Crippen LogP contribution in [-0.2, 0) is 4.79 Å². The van der Waals surface area contributed by atoms with Gasteiger partial charge in [0.15, 0.2) is 0 Å². The summed E-state index contributed by atoms with van der Waals surface area (Å²) >= 11 is 6.19. The second kappa shape index (κ2) is 12.4. The largest absolute Gasteiger partial charge is 0.494 e. The summed E-state index contributed by atoms with van der Waals surface area (Å²) in [6, 6.07) is 12.8. The minimum Gasteiger partial charge on any atom is -0.494 e. The Labute approximate surface area is 233 Å². The zero-order valence-corrected chi connectivity index (χ0v) is 23.3. The van der Waals surface area contributed by atoms with Crippen molar-refractivity contribution in [3.05, 3.63) is 64.7 Å². The molecule has 2 amide bonds. The summed E-state index contributed by atoms with van der Waals surface area (Å²) in [5, 5.41) is 0.156. The van der Waals surface area contributed by atoms with Crippen LogP contribution in [0.5, 0.6) is 5.75 Å². The highest BCUT2D eigenvalue weighted by atomic mass is 35.5. The summed E-state index contributed by atoms with van der Waals surface area (Å²) in [7, 11) is 1.52. The molecule has 5 nitrogen and oxygen atoms in total. The van der Waals surface area contributed by atoms with Crippen molar-refractivity contribution in [3.63, 3.8) is 0 Å². The van der Waals surface area contributed by atoms with Crippen LogP contribution in [0.3, 0.4) is 0 Å². The lowest BCUT2D eigenvalue weighted by atomic mass is 9.90. The monoisotopic (exact) mass is 586 g/mol. The van der Waals surface area contributed by atoms with Crippen LogP contribution in [0.25, 0.3) is 0 Å². The van der Waals surface area contributed by atoms with Crippen LogP contribution in [0.15, 0.2) is 48.5 Å². The van der Waals surface area contributed by atoms with Gasteiger partial charge in [-0.05, 0) is 55.4 Å². The Morgan fingerprint density at radius 1 is 1.05 bits per heavy atom. The second-order valence-electron chi connectivity index (χ2n) is 10.3. The van der Waals surface area contributed by atoms with Gasteiger partial charge in [0.25, 0.3) is 17.5 Å². The van der Waals surface area contributed by atoms with Gasteiger partial charge in [0, 0.05) is 13.1 Å². The lowest BCUT2D eigenvalue weighted by molar-refractivity contribution is -0.139. The summed E-state index contributed by atoms with van der Waals surface area (Å²) < 4.78 is 60.5. The summed E-state index contributed by atoms with van der Waals surface area (Å²) in [4.78, 5) is 27.9. The molecule has 0 aromatic heterocycles. The molecule has 0 N–H and O–H groups in total. The fraction of sp³-hybridized carbons (Fsp3) is 0.500. The highest BCUT2D eigenvalue weighted by molar-refractivity contribution is 7.18. The summed E-state index contributed by atoms with van der Waals surface area (Å²) in [6.45, 7) is 0.169. The molecule has 2 atom stereocenters. The van der Waals surface area contributed by atoms with E-state index < -0.39 is 42.4 Å². The van der Waals surface area contributed by atoms with Crippen molar-refractivity contribution in [3.8, 4) is 5.75 Å². The first-order chi connectivity index (χ1) is 18.4. The summed E-state index contributed by atoms with van der Waals surface area (Å²) in [5.41, 5.74) is -2.75. The van der Waals surface area contributed by atoms with Gasteiger partial charge in [-0.3, -0.25) is 9.59 Å². The standard InChI is InChI=1S/C28H32ClF4N2O3P/c29-23-16-21(9-10-22(23)25(36)35-17-27(30,31)18-35)38-15-5-4-6-19-11-13-34(14-12-19)26(37)24(28(32,33)39)20-7-2-1-3-8-20/h1-3,7-10,16,19,24H,4-6,11-15,17-18,39H2. The van der Waals surface area contributed by atoms with Crippen molar-refractivity contribution >= 4 is 32.7 Å². The minimum absolute atomic E-state index is 0.156. The third-order valence-electron chi connectivity index (χ3n) is 7.27. The molecule has 212 valence electrons. The topological polar surface area (TPSA) is 49.9 Å². The molecule has 0 aliphatic carbocycles. The van der Waals surface area contributed by atoms with Gasteiger partial charge in [-0.2, -0.15) is 0 Å². The van der Waals surface area contributed by atoms with Gasteiger partial charge in [0.05, 0.1) is 30.3 Å². The number of hydrogen-bond acceptors (Lipinski definition) is 3. The molecule has 0 bridgehead atoms. The van der Waals surface area contributed by atoms with Gasteiger partial charge < -0.3 is 14.5 Å². The molecular weight excluding hydrogens is 555 g/mol. The molecule has 2 saturated heterocycles. The predicted octanol–water partition coefficient (Wildman–Crippen LogP) is 6.47. The van der Waals surface area contributed by atoms with Crippen molar-refractivity contribution in [1.29, 1.82) is 0 Å². The smallest absolute Gasteiger partial charge is 0.282 e. The van der Waals surface area contributed by atoms with Crippen molar-refractivity contribution in [1.82, 2.24) is 9.80 Å². The van der Waals surface area contributed by atoms with E-state index in [4.69, 9.17) is 16.3 Å². The first-order valence-electron chi connectivity index (χ1n) is 13.0. The van der Waals surface area contributed by atoms with E-state index in [-0.39, 0.29) is 10.6 Å². The van der Waals surface area contributed by atoms with Gasteiger partial charge in [-0.1, -0.05) is 57.6 Å². The third-order valence-corrected chi connectivity index (χ3v) is 7.91. The summed E-state index contributed by atoms with van der Waals surface area (Å²) in [6.07, 6.45) is 4.18. The van der Waals surface area contributed by atoms with E-state index in [2.05, 4.69) is 0 Å². The number of hydrogen-bond donors (Lipinski definition) is 0. The first kappa shape index (κ1) is 29.6. The van der Waals surface area contributed by atoms with E-state index in [1.54, 1.807) is 41.3 Å². The molecule has 0 saturated carbocycles. The van der Waals surface area contributed by atoms with Gasteiger partial charge in [0.2, 0.25) is 5.91 Å². The van der Waals surface area contributed by atoms with Gasteiger partial charge in [-0.25, -0.2) is 17.6 Å². The molecular formula is C28H32ClF4N2O3P. The summed E-state index contributed by atoms with van der Waals surface area (Å²) in [5.74, 6) is -4.51. The quantitative estimate of drug-likeness (QED) is 0.182. The third kappa shape index (κ3) is 7.63. The number of carbonyl (C=O) groups is 2. The Balaban J connectivity index is 1.16. The molecule has 2 aliphatic heterocycles. The average Bonchev–Trinajstić information content (AvgIpc) is 2.87. The molecule has 39 heavy (non-hydrogen) atoms. The number of amides is 2. The van der Waals surface area contributed by atoms with Crippen LogP contribution >= 0.6 is 20.8 Å². The number of carbonyl (C=O) groups excluding carboxylic acids is 2. The Hall–Kier alpha value is -2.38. The molecule has 4 rings (SSSR count). The highest BCUT2D eigenvalue weighted by Crippen LogP contribution is 2.41. The van der Waals surface area contributed by atoms with Gasteiger partial charge in [0.1, 0.15) is 11.7 Å². The molecule has 0 spiro atoms. The number of unbranched alkanes of at least 4 members (excludes halogenated alkanes) is 1. The van der Waals surface area contributed by atoms with Crippen LogP contribution < -0.4 is 4.74 Å². The number of rotatable bonds is 10. The van der Waals surface area contributed by atoms with Gasteiger partial charge >= 0.3 is 0 Å². The second-order valence-corrected chi connectivity index (χ2v) is 11.5. The number of piperidine rings is 1. The maximum Gasteiger partial charge on any atom is 0.282 e. The van der Waals surface area contributed by atoms with Crippen LogP contribution in [0.2, 0.25) is 5.02 Å². The number of benzene rings is 2. The Kier molecular flexibility index (Phi) is 9.43. The molecule has 2 fully saturated rings. The number of ether oxygens (including phenoxy) is 1. The number of likely N-dealkylation sites (tertiary alicyclic amines) is 2. The highest BCUT2D eigenvalue weighted by Gasteiger charge is 2.47. The first-order valence-corrected chi connectivity index (χ1v) is 14.0. The van der Waals surface area contributed by atoms with Gasteiger partial charge in [-0.15, -0.1) is 0 Å². The molecule has 0 radical (unpaired) electrons. The van der Waals surface area contributed by atoms with Crippen LogP contribution in [0, 0.1) is 5.92 Å². The number of halogens is 5. The van der Waals surface area contributed by atoms with E-state index in [0.29, 0.717) is 36.9 Å². The molecule has 2 unspecified atom stereocenters. The van der Waals surface area contributed by atoms with Crippen LogP contribution in [0.1, 0.15) is 53.9 Å². The van der Waals surface area contributed by atoms with Crippen LogP contribution in [-0.4, -0.2) is 66.0 Å². The van der Waals surface area contributed by atoms with Crippen LogP contribution in [0.4, 0.5) is 17.6 Å². The fourth-order valence-electron chi connectivity index (χ4n) is 5.11. The molecule has 2 aromatic rings. The van der Waals surface area contributed by atoms with Crippen molar-refractivity contribution in [2.45, 2.75) is 49.6 Å². The maximum atomic E-state index is 14.3. The zero-order valence-electron chi connectivity index (χ0n) is 21.4. The lowest BCUT2D eigenvalue weighted by Crippen LogP contribution is -2.58. The number of alkyl halides is 4. The Morgan fingerprint density at radius 3 is 2.31 bits per heavy atom. The van der Waals surface area contributed by atoms with Crippen molar-refractivity contribution in [2.75, 3.05) is 32.8 Å². The SMILES string of the molecule is O=C(c1ccc(OCCCCC2CCN(C(=O)C(c3ccccc3)C(F)(F)P)CC2)cc1Cl)N1CC(F)(F)C1. The lowest BCUT2D eigenvalue weighted by Gasteiger charge is -2.38. The normalized spacial score (nSPS) is 18.4. The Morgan fingerprint density at radius 2 is 1.72 bits per heavy atom. The molecule has 2 aromatic carbocycles. The predicted molar refractivity (Wildman–Crippen MR) is 145 cm³/mol. The maximum absolute atomic E-state index is 14.3. The zero-order chi connectivity index (χ0) is 28.2. The van der Waals surface area contributed by atoms with E-state index in [1.165, 1.54) is 21.4 Å². The molecule has 2 heterocycles. The van der Waals surface area contributed by atoms with E-state index in [0.717, 1.165) is 37.0 Å². The fourth-order valence-corrected chi connectivity index (χ4v) is 5.70. The molecule has 2 aliphatic rings. The van der Waals surface area contributed by atoms with E-state index in [1.807, 2.05) is 0 Å². The molecule has 11 heteroatoms. The van der Waals surface area contributed by atoms with Crippen molar-refractivity contribution in [2.24, 2.45) is 5.92 Å². The number of nitrogens with zero attached hydrogens (tertiary/aromatic N) is 2. The minimum atomic E-state index is -3.23. The van der Waals surface area contributed by atoms with E-state index >= 15 is 0 Å². The average molecular weight is 587 g/mol. The van der Waals surface area contributed by atoms with E-state index in [9.17, 15) is 27.2 Å².